The van der Waals surface area contributed by atoms with Gasteiger partial charge >= 0.3 is 0 Å². The van der Waals surface area contributed by atoms with Crippen molar-refractivity contribution in [2.75, 3.05) is 21.3 Å². The minimum absolute atomic E-state index is 0.271. The summed E-state index contributed by atoms with van der Waals surface area (Å²) in [5.41, 5.74) is 2.46. The predicted octanol–water partition coefficient (Wildman–Crippen LogP) is 3.88. The first-order valence-electron chi connectivity index (χ1n) is 8.90. The van der Waals surface area contributed by atoms with Crippen LogP contribution >= 0.6 is 0 Å². The Kier molecular flexibility index (Phi) is 4.87. The normalized spacial score (nSPS) is 10.7. The summed E-state index contributed by atoms with van der Waals surface area (Å²) in [4.78, 5) is 25.2. The Balaban J connectivity index is 1.76. The number of carbonyl (C=O) groups is 1. The average molecular weight is 389 g/mol. The van der Waals surface area contributed by atoms with Gasteiger partial charge in [0.2, 0.25) is 11.5 Å². The molecule has 0 unspecified atom stereocenters. The van der Waals surface area contributed by atoms with Crippen molar-refractivity contribution in [2.45, 2.75) is 0 Å². The zero-order valence-electron chi connectivity index (χ0n) is 16.2. The van der Waals surface area contributed by atoms with Crippen molar-refractivity contribution in [3.8, 4) is 28.6 Å². The lowest BCUT2D eigenvalue weighted by atomic mass is 10.1. The lowest BCUT2D eigenvalue weighted by Crippen LogP contribution is -2.07. The summed E-state index contributed by atoms with van der Waals surface area (Å²) in [5, 5.41) is 0.991. The molecule has 2 heterocycles. The highest BCUT2D eigenvalue weighted by molar-refractivity contribution is 6.08. The Hall–Kier alpha value is -3.87. The van der Waals surface area contributed by atoms with Gasteiger partial charge in [0, 0.05) is 34.4 Å². The number of carbonyl (C=O) groups excluding carboxylic acids is 1. The van der Waals surface area contributed by atoms with E-state index in [0.717, 1.165) is 16.5 Å². The van der Waals surface area contributed by atoms with Crippen LogP contribution in [0.15, 0.2) is 54.9 Å². The van der Waals surface area contributed by atoms with Crippen LogP contribution in [0.4, 0.5) is 0 Å². The first kappa shape index (κ1) is 18.5. The first-order valence-corrected chi connectivity index (χ1v) is 8.90. The van der Waals surface area contributed by atoms with E-state index >= 15 is 0 Å². The molecule has 0 spiro atoms. The fraction of sp³-hybridized carbons (Fsp3) is 0.136. The number of benzene rings is 2. The third-order valence-electron chi connectivity index (χ3n) is 4.65. The number of H-pyrrole nitrogens is 1. The van der Waals surface area contributed by atoms with Crippen molar-refractivity contribution in [1.82, 2.24) is 15.0 Å². The van der Waals surface area contributed by atoms with Gasteiger partial charge in [-0.05, 0) is 24.3 Å². The van der Waals surface area contributed by atoms with Crippen LogP contribution in [0.3, 0.4) is 0 Å². The number of aromatic nitrogens is 3. The molecule has 0 atom stereocenters. The number of ether oxygens (including phenoxy) is 3. The lowest BCUT2D eigenvalue weighted by molar-refractivity contribution is 0.103. The number of aromatic amines is 1. The van der Waals surface area contributed by atoms with E-state index in [4.69, 9.17) is 14.2 Å². The van der Waals surface area contributed by atoms with E-state index < -0.39 is 0 Å². The van der Waals surface area contributed by atoms with Crippen molar-refractivity contribution in [3.05, 3.63) is 66.1 Å². The number of ketones is 1. The fourth-order valence-electron chi connectivity index (χ4n) is 3.23. The van der Waals surface area contributed by atoms with Crippen LogP contribution in [0, 0.1) is 0 Å². The van der Waals surface area contributed by atoms with Crippen LogP contribution in [-0.4, -0.2) is 42.1 Å². The molecule has 2 aromatic heterocycles. The number of nitrogens with one attached hydrogen (secondary N) is 1. The zero-order valence-corrected chi connectivity index (χ0v) is 16.2. The summed E-state index contributed by atoms with van der Waals surface area (Å²) >= 11 is 0. The zero-order chi connectivity index (χ0) is 20.4. The van der Waals surface area contributed by atoms with Crippen molar-refractivity contribution >= 4 is 16.7 Å². The molecule has 146 valence electrons. The minimum atomic E-state index is -0.271. The van der Waals surface area contributed by atoms with Crippen LogP contribution in [0.2, 0.25) is 0 Å². The molecule has 1 N–H and O–H groups in total. The van der Waals surface area contributed by atoms with E-state index in [9.17, 15) is 4.79 Å². The highest BCUT2D eigenvalue weighted by atomic mass is 16.5. The van der Waals surface area contributed by atoms with Crippen LogP contribution in [0.1, 0.15) is 16.1 Å². The van der Waals surface area contributed by atoms with Crippen molar-refractivity contribution in [2.24, 2.45) is 0 Å². The lowest BCUT2D eigenvalue weighted by Gasteiger charge is -2.13. The number of nitrogens with zero attached hydrogens (tertiary/aromatic N) is 2. The molecule has 0 aliphatic carbocycles. The third-order valence-corrected chi connectivity index (χ3v) is 4.65. The summed E-state index contributed by atoms with van der Waals surface area (Å²) < 4.78 is 16.0. The molecule has 0 radical (unpaired) electrons. The van der Waals surface area contributed by atoms with Crippen molar-refractivity contribution in [1.29, 1.82) is 0 Å². The van der Waals surface area contributed by atoms with Gasteiger partial charge in [-0.2, -0.15) is 0 Å². The second-order valence-electron chi connectivity index (χ2n) is 6.26. The number of fused-ring (bicyclic) bond motifs is 1. The van der Waals surface area contributed by atoms with Gasteiger partial charge in [0.25, 0.3) is 0 Å². The van der Waals surface area contributed by atoms with Crippen LogP contribution in [0.25, 0.3) is 22.3 Å². The standard InChI is InChI=1S/C22H19N3O4/c1-27-18-10-13(11-19(28-2)21(18)29-3)20(26)17-8-9-23-22(25-17)15-12-24-16-7-5-4-6-14(15)16/h4-12,24H,1-3H3. The molecule has 4 aromatic rings. The van der Waals surface area contributed by atoms with E-state index in [2.05, 4.69) is 15.0 Å². The number of methoxy groups -OCH3 is 3. The Labute approximate surface area is 167 Å². The van der Waals surface area contributed by atoms with Gasteiger partial charge in [0.15, 0.2) is 17.3 Å². The van der Waals surface area contributed by atoms with Gasteiger partial charge in [0.1, 0.15) is 5.69 Å². The SMILES string of the molecule is COc1cc(C(=O)c2ccnc(-c3c[nH]c4ccccc34)n2)cc(OC)c1OC. The number of para-hydroxylation sites is 1. The highest BCUT2D eigenvalue weighted by Crippen LogP contribution is 2.38. The Morgan fingerprint density at radius 3 is 2.38 bits per heavy atom. The van der Waals surface area contributed by atoms with Gasteiger partial charge in [-0.1, -0.05) is 18.2 Å². The molecule has 7 nitrogen and oxygen atoms in total. The minimum Gasteiger partial charge on any atom is -0.493 e. The van der Waals surface area contributed by atoms with Crippen LogP contribution in [0.5, 0.6) is 17.2 Å². The summed E-state index contributed by atoms with van der Waals surface area (Å²) in [6.45, 7) is 0. The van der Waals surface area contributed by atoms with E-state index in [-0.39, 0.29) is 11.5 Å². The third kappa shape index (κ3) is 3.27. The van der Waals surface area contributed by atoms with E-state index in [0.29, 0.717) is 28.6 Å². The quantitative estimate of drug-likeness (QED) is 0.504. The largest absolute Gasteiger partial charge is 0.493 e. The molecule has 2 aromatic carbocycles. The second-order valence-corrected chi connectivity index (χ2v) is 6.26. The molecule has 0 saturated carbocycles. The van der Waals surface area contributed by atoms with Gasteiger partial charge in [-0.15, -0.1) is 0 Å². The Morgan fingerprint density at radius 2 is 1.69 bits per heavy atom. The molecular weight excluding hydrogens is 370 g/mol. The van der Waals surface area contributed by atoms with E-state index in [1.807, 2.05) is 30.5 Å². The fourth-order valence-corrected chi connectivity index (χ4v) is 3.23. The number of hydrogen-bond donors (Lipinski definition) is 1. The topological polar surface area (TPSA) is 86.3 Å². The average Bonchev–Trinajstić information content (AvgIpc) is 3.21. The van der Waals surface area contributed by atoms with Gasteiger partial charge in [0.05, 0.1) is 21.3 Å². The van der Waals surface area contributed by atoms with Crippen molar-refractivity contribution < 1.29 is 19.0 Å². The summed E-state index contributed by atoms with van der Waals surface area (Å²) in [6, 6.07) is 12.7. The van der Waals surface area contributed by atoms with Crippen LogP contribution in [-0.2, 0) is 0 Å². The second kappa shape index (κ2) is 7.63. The molecule has 0 fully saturated rings. The Bertz CT molecular complexity index is 1170. The summed E-state index contributed by atoms with van der Waals surface area (Å²) in [5.74, 6) is 1.43. The number of hydrogen-bond acceptors (Lipinski definition) is 6. The molecule has 7 heteroatoms. The van der Waals surface area contributed by atoms with Crippen molar-refractivity contribution in [3.63, 3.8) is 0 Å². The van der Waals surface area contributed by atoms with E-state index in [1.54, 1.807) is 24.4 Å². The highest BCUT2D eigenvalue weighted by Gasteiger charge is 2.20. The number of rotatable bonds is 6. The molecule has 0 saturated heterocycles. The molecule has 4 rings (SSSR count). The molecule has 0 aliphatic heterocycles. The molecule has 0 bridgehead atoms. The van der Waals surface area contributed by atoms with Gasteiger partial charge in [-0.3, -0.25) is 4.79 Å². The van der Waals surface area contributed by atoms with Crippen LogP contribution < -0.4 is 14.2 Å². The van der Waals surface area contributed by atoms with Gasteiger partial charge in [-0.25, -0.2) is 9.97 Å². The van der Waals surface area contributed by atoms with Gasteiger partial charge < -0.3 is 19.2 Å². The molecule has 0 aliphatic rings. The summed E-state index contributed by atoms with van der Waals surface area (Å²) in [6.07, 6.45) is 3.42. The summed E-state index contributed by atoms with van der Waals surface area (Å²) in [7, 11) is 4.52. The van der Waals surface area contributed by atoms with E-state index in [1.165, 1.54) is 21.3 Å². The molecule has 0 amide bonds. The maximum absolute atomic E-state index is 13.1. The predicted molar refractivity (Wildman–Crippen MR) is 109 cm³/mol. The maximum Gasteiger partial charge on any atom is 0.211 e. The monoisotopic (exact) mass is 389 g/mol. The Morgan fingerprint density at radius 1 is 0.966 bits per heavy atom. The maximum atomic E-state index is 13.1. The molecular formula is C22H19N3O4. The first-order chi connectivity index (χ1) is 14.2. The smallest absolute Gasteiger partial charge is 0.211 e. The molecule has 29 heavy (non-hydrogen) atoms.